The maximum absolute atomic E-state index is 9.62. The van der Waals surface area contributed by atoms with Crippen molar-refractivity contribution in [2.45, 2.75) is 0 Å². The van der Waals surface area contributed by atoms with Gasteiger partial charge in [-0.2, -0.15) is 5.26 Å². The van der Waals surface area contributed by atoms with E-state index in [1.165, 1.54) is 65.7 Å². The molecule has 0 unspecified atom stereocenters. The van der Waals surface area contributed by atoms with Gasteiger partial charge in [-0.3, -0.25) is 4.98 Å². The van der Waals surface area contributed by atoms with Gasteiger partial charge in [-0.1, -0.05) is 158 Å². The quantitative estimate of drug-likeness (QED) is 0.176. The van der Waals surface area contributed by atoms with E-state index in [1.807, 2.05) is 24.5 Å². The Morgan fingerprint density at radius 1 is 0.350 bits per heavy atom. The molecule has 3 nitrogen and oxygen atoms in total. The van der Waals surface area contributed by atoms with E-state index in [0.29, 0.717) is 5.56 Å². The normalized spacial score (nSPS) is 11.7. The molecule has 1 aliphatic rings. The van der Waals surface area contributed by atoms with Crippen LogP contribution in [-0.4, -0.2) is 9.97 Å². The molecule has 60 heavy (non-hydrogen) atoms. The molecule has 1 aliphatic carbocycles. The smallest absolute Gasteiger partial charge is 0.0991 e. The van der Waals surface area contributed by atoms with Gasteiger partial charge in [0.05, 0.1) is 23.0 Å². The SMILES string of the molecule is N#Cc1ccc(-c2ccc3c4c(ccc(-c5ccc(-c6cc(-c7cccc8ccccc78)nc(-c7cccc8cnccc78)c6)c6ccccc56)c24)-c2ccccc2-3)cc1. The molecule has 2 aromatic heterocycles. The van der Waals surface area contributed by atoms with Gasteiger partial charge in [0, 0.05) is 28.9 Å². The van der Waals surface area contributed by atoms with Gasteiger partial charge in [-0.25, -0.2) is 4.98 Å². The average molecular weight is 760 g/mol. The minimum atomic E-state index is 0.652. The highest BCUT2D eigenvalue weighted by molar-refractivity contribution is 6.24. The molecule has 0 radical (unpaired) electrons. The average Bonchev–Trinajstić information content (AvgIpc) is 3.65. The molecule has 11 aromatic rings. The van der Waals surface area contributed by atoms with Crippen LogP contribution in [0.3, 0.4) is 0 Å². The molecule has 0 aliphatic heterocycles. The van der Waals surface area contributed by atoms with E-state index in [0.717, 1.165) is 55.5 Å². The van der Waals surface area contributed by atoms with Crippen LogP contribution in [-0.2, 0) is 0 Å². The second-order valence-corrected chi connectivity index (χ2v) is 15.6. The lowest BCUT2D eigenvalue weighted by Gasteiger charge is -2.18. The Bertz CT molecular complexity index is 3470. The Morgan fingerprint density at radius 2 is 0.850 bits per heavy atom. The lowest BCUT2D eigenvalue weighted by atomic mass is 9.85. The van der Waals surface area contributed by atoms with Gasteiger partial charge in [-0.15, -0.1) is 0 Å². The zero-order chi connectivity index (χ0) is 39.7. The van der Waals surface area contributed by atoms with Gasteiger partial charge in [0.1, 0.15) is 0 Å². The Balaban J connectivity index is 1.11. The zero-order valence-corrected chi connectivity index (χ0v) is 32.4. The van der Waals surface area contributed by atoms with Crippen molar-refractivity contribution in [2.24, 2.45) is 0 Å². The highest BCUT2D eigenvalue weighted by Gasteiger charge is 2.26. The van der Waals surface area contributed by atoms with E-state index < -0.39 is 0 Å². The van der Waals surface area contributed by atoms with Crippen molar-refractivity contribution in [3.63, 3.8) is 0 Å². The van der Waals surface area contributed by atoms with Crippen LogP contribution in [0.1, 0.15) is 5.56 Å². The summed E-state index contributed by atoms with van der Waals surface area (Å²) in [6.07, 6.45) is 3.78. The van der Waals surface area contributed by atoms with Crippen LogP contribution in [0.5, 0.6) is 0 Å². The summed E-state index contributed by atoms with van der Waals surface area (Å²) >= 11 is 0. The molecule has 0 saturated carbocycles. The fourth-order valence-electron chi connectivity index (χ4n) is 9.63. The third-order valence-electron chi connectivity index (χ3n) is 12.4. The molecule has 0 spiro atoms. The third-order valence-corrected chi connectivity index (χ3v) is 12.4. The first-order valence-electron chi connectivity index (χ1n) is 20.3. The van der Waals surface area contributed by atoms with E-state index in [4.69, 9.17) is 4.98 Å². The predicted molar refractivity (Wildman–Crippen MR) is 248 cm³/mol. The standard InChI is InChI=1S/C57H33N3/c58-33-35-19-21-37(22-20-35)43-24-26-51-46-15-5-6-16-47(46)52-27-28-53(56(43)57(51)52)48-25-23-41(44-13-3-4-14-45(44)48)39-31-54(49-17-7-10-36-9-1-2-12-40(36)49)60-55(32-39)50-18-8-11-38-34-59-30-29-42(38)50/h1-32,34H. The Kier molecular flexibility index (Phi) is 7.60. The number of nitriles is 1. The monoisotopic (exact) mass is 759 g/mol. The largest absolute Gasteiger partial charge is 0.264 e. The first kappa shape index (κ1) is 33.9. The minimum absolute atomic E-state index is 0.652. The first-order chi connectivity index (χ1) is 29.7. The summed E-state index contributed by atoms with van der Waals surface area (Å²) in [6.45, 7) is 0. The van der Waals surface area contributed by atoms with Crippen LogP contribution < -0.4 is 0 Å². The third kappa shape index (κ3) is 5.22. The molecule has 0 atom stereocenters. The summed E-state index contributed by atoms with van der Waals surface area (Å²) in [7, 11) is 0. The molecule has 0 saturated heterocycles. The van der Waals surface area contributed by atoms with Gasteiger partial charge in [0.2, 0.25) is 0 Å². The highest BCUT2D eigenvalue weighted by atomic mass is 14.7. The Hall–Kier alpha value is -8.19. The second-order valence-electron chi connectivity index (χ2n) is 15.6. The van der Waals surface area contributed by atoms with Crippen molar-refractivity contribution < 1.29 is 0 Å². The van der Waals surface area contributed by atoms with Crippen molar-refractivity contribution >= 4 is 43.1 Å². The lowest BCUT2D eigenvalue weighted by molar-refractivity contribution is 1.33. The topological polar surface area (TPSA) is 49.6 Å². The summed E-state index contributed by atoms with van der Waals surface area (Å²) in [4.78, 5) is 9.85. The van der Waals surface area contributed by atoms with Crippen LogP contribution in [0.15, 0.2) is 200 Å². The van der Waals surface area contributed by atoms with Gasteiger partial charge in [0.15, 0.2) is 0 Å². The van der Waals surface area contributed by atoms with E-state index in [2.05, 4.69) is 187 Å². The fraction of sp³-hybridized carbons (Fsp3) is 0. The van der Waals surface area contributed by atoms with Gasteiger partial charge < -0.3 is 0 Å². The number of benzene rings is 9. The van der Waals surface area contributed by atoms with Crippen molar-refractivity contribution in [1.29, 1.82) is 5.26 Å². The lowest BCUT2D eigenvalue weighted by Crippen LogP contribution is -1.94. The zero-order valence-electron chi connectivity index (χ0n) is 32.4. The van der Waals surface area contributed by atoms with E-state index in [1.54, 1.807) is 0 Å². The molecule has 2 heterocycles. The van der Waals surface area contributed by atoms with Gasteiger partial charge >= 0.3 is 0 Å². The molecular formula is C57H33N3. The fourth-order valence-corrected chi connectivity index (χ4v) is 9.63. The number of rotatable bonds is 5. The van der Waals surface area contributed by atoms with E-state index >= 15 is 0 Å². The van der Waals surface area contributed by atoms with Crippen LogP contribution in [0.2, 0.25) is 0 Å². The van der Waals surface area contributed by atoms with E-state index in [-0.39, 0.29) is 0 Å². The summed E-state index contributed by atoms with van der Waals surface area (Å²) in [5, 5.41) is 19.0. The second kappa shape index (κ2) is 13.5. The Morgan fingerprint density at radius 3 is 1.55 bits per heavy atom. The molecule has 0 N–H and O–H groups in total. The van der Waals surface area contributed by atoms with Gasteiger partial charge in [0.25, 0.3) is 0 Å². The number of nitrogens with zero attached hydrogens (tertiary/aromatic N) is 3. The highest BCUT2D eigenvalue weighted by Crippen LogP contribution is 2.53. The van der Waals surface area contributed by atoms with Crippen molar-refractivity contribution in [3.8, 4) is 84.2 Å². The molecule has 12 rings (SSSR count). The molecule has 9 aromatic carbocycles. The molecule has 0 bridgehead atoms. The summed E-state index contributed by atoms with van der Waals surface area (Å²) in [5.74, 6) is 0. The molecule has 0 fully saturated rings. The number of hydrogen-bond acceptors (Lipinski definition) is 3. The number of hydrogen-bond donors (Lipinski definition) is 0. The Labute approximate surface area is 347 Å². The number of pyridine rings is 2. The minimum Gasteiger partial charge on any atom is -0.264 e. The van der Waals surface area contributed by atoms with Crippen molar-refractivity contribution in [2.75, 3.05) is 0 Å². The predicted octanol–water partition coefficient (Wildman–Crippen LogP) is 14.9. The van der Waals surface area contributed by atoms with Crippen LogP contribution in [0.4, 0.5) is 0 Å². The van der Waals surface area contributed by atoms with Crippen molar-refractivity contribution in [3.05, 3.63) is 206 Å². The van der Waals surface area contributed by atoms with Crippen LogP contribution in [0.25, 0.3) is 121 Å². The number of aromatic nitrogens is 2. The molecule has 0 amide bonds. The summed E-state index contributed by atoms with van der Waals surface area (Å²) < 4.78 is 0. The van der Waals surface area contributed by atoms with E-state index in [9.17, 15) is 5.26 Å². The maximum Gasteiger partial charge on any atom is 0.0991 e. The first-order valence-corrected chi connectivity index (χ1v) is 20.3. The number of fused-ring (bicyclic) bond motifs is 6. The van der Waals surface area contributed by atoms with Gasteiger partial charge in [-0.05, 0) is 124 Å². The summed E-state index contributed by atoms with van der Waals surface area (Å²) in [6, 6.07) is 69.6. The van der Waals surface area contributed by atoms with Crippen LogP contribution in [0, 0.1) is 11.3 Å². The molecular weight excluding hydrogens is 727 g/mol. The summed E-state index contributed by atoms with van der Waals surface area (Å²) in [5.41, 5.74) is 16.6. The molecule has 276 valence electrons. The van der Waals surface area contributed by atoms with Crippen molar-refractivity contribution in [1.82, 2.24) is 9.97 Å². The van der Waals surface area contributed by atoms with Crippen LogP contribution >= 0.6 is 0 Å². The molecule has 3 heteroatoms. The maximum atomic E-state index is 9.62.